The molecule has 2 heterocycles. The van der Waals surface area contributed by atoms with Gasteiger partial charge in [0.05, 0.1) is 33.5 Å². The fourth-order valence-electron chi connectivity index (χ4n) is 6.91. The Hall–Kier alpha value is -4.69. The molecule has 7 aromatic rings. The maximum absolute atomic E-state index is 12.4. The maximum Gasteiger partial charge on any atom is 0.180 e. The van der Waals surface area contributed by atoms with Crippen molar-refractivity contribution in [1.82, 2.24) is 20.0 Å². The van der Waals surface area contributed by atoms with Crippen molar-refractivity contribution < 1.29 is 0 Å². The molecular weight excluding hydrogens is 599 g/mol. The van der Waals surface area contributed by atoms with Crippen LogP contribution >= 0.6 is 11.3 Å². The van der Waals surface area contributed by atoms with Crippen molar-refractivity contribution in [2.75, 3.05) is 38.0 Å². The van der Waals surface area contributed by atoms with Gasteiger partial charge in [-0.05, 0) is 54.0 Å². The summed E-state index contributed by atoms with van der Waals surface area (Å²) >= 11 is 1.69. The Morgan fingerprint density at radius 1 is 0.766 bits per heavy atom. The monoisotopic (exact) mass is 639 g/mol. The molecule has 238 valence electrons. The Kier molecular flexibility index (Phi) is 8.94. The van der Waals surface area contributed by atoms with Gasteiger partial charge in [-0.15, -0.1) is 11.3 Å². The van der Waals surface area contributed by atoms with Crippen LogP contribution in [-0.4, -0.2) is 47.4 Å². The van der Waals surface area contributed by atoms with Crippen molar-refractivity contribution in [3.05, 3.63) is 148 Å². The Labute approximate surface area is 279 Å². The number of H-pyrrole nitrogens is 1. The van der Waals surface area contributed by atoms with Crippen LogP contribution in [0.4, 0.5) is 5.69 Å². The molecule has 0 saturated carbocycles. The number of hydrogen-bond acceptors (Lipinski definition) is 5. The standard InChI is InChI=1S/C40H41N5OS/c1-3-44(4-2)26-27-45-35-23-22-34(39-37(35)38(43-45)33-21-20-32(46)28-36(33)47-39)41-24-25-42-40(29-14-8-5-9-15-29,30-16-10-6-11-17-30)31-18-12-7-13-19-31/h5-23,28,41-43H,3-4,24-27H2,1-2H3. The zero-order valence-electron chi connectivity index (χ0n) is 27.0. The molecule has 5 aromatic carbocycles. The van der Waals surface area contributed by atoms with Gasteiger partial charge in [-0.2, -0.15) is 0 Å². The maximum atomic E-state index is 12.4. The van der Waals surface area contributed by atoms with E-state index in [1.807, 2.05) is 6.07 Å². The number of nitrogens with zero attached hydrogens (tertiary/aromatic N) is 2. The minimum Gasteiger partial charge on any atom is -0.383 e. The largest absolute Gasteiger partial charge is 0.383 e. The summed E-state index contributed by atoms with van der Waals surface area (Å²) in [5.41, 5.74) is 6.44. The lowest BCUT2D eigenvalue weighted by molar-refractivity contribution is 0.287. The molecule has 0 aliphatic rings. The van der Waals surface area contributed by atoms with E-state index in [2.05, 4.69) is 142 Å². The molecule has 47 heavy (non-hydrogen) atoms. The SMILES string of the molecule is CCN(CC)CCn1[nH]c2c3ccc(=O)cc3sc3c(NCCNC(c4ccccc4)(c4ccccc4)c4ccccc4)ccc1c32. The first-order valence-electron chi connectivity index (χ1n) is 16.6. The average Bonchev–Trinajstić information content (AvgIpc) is 3.50. The van der Waals surface area contributed by atoms with Gasteiger partial charge in [0.2, 0.25) is 0 Å². The number of nitrogens with one attached hydrogen (secondary N) is 3. The quantitative estimate of drug-likeness (QED) is 0.0679. The van der Waals surface area contributed by atoms with Crippen molar-refractivity contribution in [1.29, 1.82) is 0 Å². The zero-order chi connectivity index (χ0) is 32.2. The fourth-order valence-corrected chi connectivity index (χ4v) is 8.14. The van der Waals surface area contributed by atoms with Crippen LogP contribution in [0, 0.1) is 0 Å². The third kappa shape index (κ3) is 5.87. The van der Waals surface area contributed by atoms with Crippen LogP contribution in [0.1, 0.15) is 30.5 Å². The predicted molar refractivity (Wildman–Crippen MR) is 199 cm³/mol. The number of benzene rings is 5. The molecule has 3 N–H and O–H groups in total. The van der Waals surface area contributed by atoms with E-state index in [4.69, 9.17) is 0 Å². The highest BCUT2D eigenvalue weighted by Crippen LogP contribution is 2.40. The summed E-state index contributed by atoms with van der Waals surface area (Å²) in [5.74, 6) is 0. The Balaban J connectivity index is 1.24. The predicted octanol–water partition coefficient (Wildman–Crippen LogP) is 8.03. The van der Waals surface area contributed by atoms with Gasteiger partial charge < -0.3 is 10.2 Å². The van der Waals surface area contributed by atoms with E-state index in [1.54, 1.807) is 23.5 Å². The second-order valence-electron chi connectivity index (χ2n) is 12.0. The van der Waals surface area contributed by atoms with E-state index in [1.165, 1.54) is 27.6 Å². The molecule has 0 radical (unpaired) electrons. The van der Waals surface area contributed by atoms with Crippen LogP contribution in [0.5, 0.6) is 0 Å². The first kappa shape index (κ1) is 30.9. The number of rotatable bonds is 13. The molecule has 0 bridgehead atoms. The van der Waals surface area contributed by atoms with Crippen molar-refractivity contribution in [3.63, 3.8) is 0 Å². The Morgan fingerprint density at radius 2 is 1.38 bits per heavy atom. The summed E-state index contributed by atoms with van der Waals surface area (Å²) in [6.45, 7) is 9.75. The van der Waals surface area contributed by atoms with Crippen LogP contribution < -0.4 is 16.1 Å². The van der Waals surface area contributed by atoms with E-state index in [9.17, 15) is 4.79 Å². The summed E-state index contributed by atoms with van der Waals surface area (Å²) in [4.78, 5) is 14.9. The number of hydrogen-bond donors (Lipinski definition) is 3. The van der Waals surface area contributed by atoms with Crippen LogP contribution in [0.25, 0.3) is 31.2 Å². The van der Waals surface area contributed by atoms with E-state index < -0.39 is 5.54 Å². The van der Waals surface area contributed by atoms with Gasteiger partial charge >= 0.3 is 0 Å². The smallest absolute Gasteiger partial charge is 0.180 e. The molecule has 7 heteroatoms. The average molecular weight is 640 g/mol. The van der Waals surface area contributed by atoms with Gasteiger partial charge in [-0.1, -0.05) is 105 Å². The first-order chi connectivity index (χ1) is 23.1. The third-order valence-electron chi connectivity index (χ3n) is 9.34. The molecule has 0 amide bonds. The van der Waals surface area contributed by atoms with Crippen molar-refractivity contribution >= 4 is 48.2 Å². The van der Waals surface area contributed by atoms with Crippen molar-refractivity contribution in [2.24, 2.45) is 0 Å². The van der Waals surface area contributed by atoms with Gasteiger partial charge in [0.15, 0.2) is 5.43 Å². The molecule has 0 saturated heterocycles. The van der Waals surface area contributed by atoms with E-state index in [-0.39, 0.29) is 5.43 Å². The topological polar surface area (TPSA) is 65.1 Å². The lowest BCUT2D eigenvalue weighted by Gasteiger charge is -2.37. The molecule has 0 fully saturated rings. The lowest BCUT2D eigenvalue weighted by atomic mass is 9.77. The summed E-state index contributed by atoms with van der Waals surface area (Å²) in [6, 6.07) is 42.0. The Morgan fingerprint density at radius 3 is 1.98 bits per heavy atom. The Bertz CT molecular complexity index is 2050. The van der Waals surface area contributed by atoms with E-state index in [0.717, 1.165) is 52.2 Å². The summed E-state index contributed by atoms with van der Waals surface area (Å²) < 4.78 is 4.42. The van der Waals surface area contributed by atoms with Crippen LogP contribution in [0.15, 0.2) is 126 Å². The summed E-state index contributed by atoms with van der Waals surface area (Å²) in [7, 11) is 0. The highest BCUT2D eigenvalue weighted by atomic mass is 32.1. The van der Waals surface area contributed by atoms with E-state index in [0.29, 0.717) is 13.1 Å². The van der Waals surface area contributed by atoms with Gasteiger partial charge in [0, 0.05) is 41.2 Å². The third-order valence-corrected chi connectivity index (χ3v) is 10.5. The van der Waals surface area contributed by atoms with Gasteiger partial charge in [-0.25, -0.2) is 0 Å². The molecule has 6 nitrogen and oxygen atoms in total. The molecular formula is C40H41N5OS. The second-order valence-corrected chi connectivity index (χ2v) is 13.0. The number of anilines is 1. The molecule has 0 atom stereocenters. The summed E-state index contributed by atoms with van der Waals surface area (Å²) in [6.07, 6.45) is 0. The minimum absolute atomic E-state index is 0.0330. The van der Waals surface area contributed by atoms with Crippen molar-refractivity contribution in [2.45, 2.75) is 25.9 Å². The number of aromatic amines is 1. The highest BCUT2D eigenvalue weighted by molar-refractivity contribution is 7.25. The lowest BCUT2D eigenvalue weighted by Crippen LogP contribution is -2.46. The fraction of sp³-hybridized carbons (Fsp3) is 0.225. The molecule has 0 unspecified atom stereocenters. The molecule has 2 aromatic heterocycles. The molecule has 0 aliphatic carbocycles. The number of aromatic nitrogens is 2. The highest BCUT2D eigenvalue weighted by Gasteiger charge is 2.35. The summed E-state index contributed by atoms with van der Waals surface area (Å²) in [5, 5.41) is 13.8. The van der Waals surface area contributed by atoms with Crippen LogP contribution in [0.3, 0.4) is 0 Å². The van der Waals surface area contributed by atoms with Gasteiger partial charge in [-0.3, -0.25) is 19.9 Å². The number of fused-ring (bicyclic) bond motifs is 2. The van der Waals surface area contributed by atoms with E-state index >= 15 is 0 Å². The first-order valence-corrected chi connectivity index (χ1v) is 17.4. The normalized spacial score (nSPS) is 12.1. The van der Waals surface area contributed by atoms with Crippen molar-refractivity contribution in [3.8, 4) is 0 Å². The molecule has 7 rings (SSSR count). The number of likely N-dealkylation sites (N-methyl/N-ethyl adjacent to an activating group) is 1. The van der Waals surface area contributed by atoms with Crippen LogP contribution in [-0.2, 0) is 12.1 Å². The molecule has 0 spiro atoms. The molecule has 0 aliphatic heterocycles. The second kappa shape index (κ2) is 13.6. The van der Waals surface area contributed by atoms with Crippen LogP contribution in [0.2, 0.25) is 0 Å². The van der Waals surface area contributed by atoms with Gasteiger partial charge in [0.25, 0.3) is 0 Å². The van der Waals surface area contributed by atoms with Gasteiger partial charge in [0.1, 0.15) is 0 Å². The zero-order valence-corrected chi connectivity index (χ0v) is 27.8. The minimum atomic E-state index is -0.522.